The quantitative estimate of drug-likeness (QED) is 0.670. The van der Waals surface area contributed by atoms with Crippen molar-refractivity contribution in [2.75, 3.05) is 12.8 Å². The lowest BCUT2D eigenvalue weighted by Gasteiger charge is -2.07. The normalized spacial score (nSPS) is 10.5. The summed E-state index contributed by atoms with van der Waals surface area (Å²) in [5.74, 6) is 0.619. The Morgan fingerprint density at radius 3 is 2.68 bits per heavy atom. The molecule has 0 aliphatic heterocycles. The number of benzene rings is 1. The van der Waals surface area contributed by atoms with Crippen molar-refractivity contribution in [2.24, 2.45) is 7.05 Å². The first-order valence-electron chi connectivity index (χ1n) is 5.97. The third-order valence-corrected chi connectivity index (χ3v) is 3.00. The van der Waals surface area contributed by atoms with E-state index < -0.39 is 0 Å². The van der Waals surface area contributed by atoms with Crippen LogP contribution < -0.4 is 10.5 Å². The number of nitrogens with two attached hydrogens (primary N) is 1. The standard InChI is InChI=1S/C14H17N3O2/c1-9-6-10(17(2)16-9)7-14(18)12-5-4-11(19-3)8-13(12)15/h4-6,8H,7,15H2,1-3H3. The van der Waals surface area contributed by atoms with E-state index in [1.54, 1.807) is 30.0 Å². The van der Waals surface area contributed by atoms with Crippen LogP contribution in [0.3, 0.4) is 0 Å². The molecule has 0 fully saturated rings. The number of ether oxygens (including phenoxy) is 1. The summed E-state index contributed by atoms with van der Waals surface area (Å²) in [6, 6.07) is 6.98. The fourth-order valence-electron chi connectivity index (χ4n) is 2.01. The number of carbonyl (C=O) groups excluding carboxylic acids is 1. The number of carbonyl (C=O) groups is 1. The molecule has 0 spiro atoms. The monoisotopic (exact) mass is 259 g/mol. The SMILES string of the molecule is COc1ccc(C(=O)Cc2cc(C)nn2C)c(N)c1. The summed E-state index contributed by atoms with van der Waals surface area (Å²) >= 11 is 0. The van der Waals surface area contributed by atoms with Crippen LogP contribution in [0.4, 0.5) is 5.69 Å². The van der Waals surface area contributed by atoms with E-state index in [0.717, 1.165) is 11.4 Å². The maximum Gasteiger partial charge on any atom is 0.170 e. The van der Waals surface area contributed by atoms with Crippen LogP contribution >= 0.6 is 0 Å². The number of anilines is 1. The second kappa shape index (κ2) is 5.14. The van der Waals surface area contributed by atoms with Gasteiger partial charge in [0.2, 0.25) is 0 Å². The van der Waals surface area contributed by atoms with Gasteiger partial charge < -0.3 is 10.5 Å². The summed E-state index contributed by atoms with van der Waals surface area (Å²) in [4.78, 5) is 12.2. The molecule has 2 aromatic rings. The van der Waals surface area contributed by atoms with E-state index in [-0.39, 0.29) is 12.2 Å². The Morgan fingerprint density at radius 1 is 1.42 bits per heavy atom. The molecule has 0 aliphatic carbocycles. The second-order valence-corrected chi connectivity index (χ2v) is 4.45. The molecule has 5 nitrogen and oxygen atoms in total. The van der Waals surface area contributed by atoms with Gasteiger partial charge in [-0.2, -0.15) is 5.10 Å². The van der Waals surface area contributed by atoms with Gasteiger partial charge in [-0.3, -0.25) is 9.48 Å². The van der Waals surface area contributed by atoms with Crippen LogP contribution in [0.2, 0.25) is 0 Å². The van der Waals surface area contributed by atoms with Gasteiger partial charge in [-0.1, -0.05) is 0 Å². The summed E-state index contributed by atoms with van der Waals surface area (Å²) in [7, 11) is 3.39. The van der Waals surface area contributed by atoms with E-state index in [0.29, 0.717) is 17.0 Å². The molecule has 0 bridgehead atoms. The van der Waals surface area contributed by atoms with E-state index in [4.69, 9.17) is 10.5 Å². The second-order valence-electron chi connectivity index (χ2n) is 4.45. The number of hydrogen-bond acceptors (Lipinski definition) is 4. The zero-order valence-electron chi connectivity index (χ0n) is 11.3. The Bertz CT molecular complexity index is 617. The van der Waals surface area contributed by atoms with Crippen LogP contribution in [0.15, 0.2) is 24.3 Å². The predicted molar refractivity (Wildman–Crippen MR) is 73.4 cm³/mol. The summed E-state index contributed by atoms with van der Waals surface area (Å²) in [5, 5.41) is 4.22. The molecular weight excluding hydrogens is 242 g/mol. The highest BCUT2D eigenvalue weighted by Gasteiger charge is 2.13. The molecule has 0 atom stereocenters. The third kappa shape index (κ3) is 2.76. The summed E-state index contributed by atoms with van der Waals surface area (Å²) < 4.78 is 6.78. The first kappa shape index (κ1) is 13.1. The van der Waals surface area contributed by atoms with Crippen molar-refractivity contribution in [3.8, 4) is 5.75 Å². The summed E-state index contributed by atoms with van der Waals surface area (Å²) in [6.07, 6.45) is 0.286. The average molecular weight is 259 g/mol. The van der Waals surface area contributed by atoms with E-state index in [1.807, 2.05) is 20.0 Å². The molecule has 100 valence electrons. The molecule has 1 aromatic heterocycles. The number of hydrogen-bond donors (Lipinski definition) is 1. The molecule has 0 amide bonds. The van der Waals surface area contributed by atoms with Gasteiger partial charge in [0.05, 0.1) is 19.2 Å². The van der Waals surface area contributed by atoms with Crippen LogP contribution in [-0.4, -0.2) is 22.7 Å². The summed E-state index contributed by atoms with van der Waals surface area (Å²) in [5.41, 5.74) is 8.59. The van der Waals surface area contributed by atoms with Gasteiger partial charge >= 0.3 is 0 Å². The smallest absolute Gasteiger partial charge is 0.170 e. The number of nitrogens with zero attached hydrogens (tertiary/aromatic N) is 2. The molecule has 2 rings (SSSR count). The number of nitrogen functional groups attached to an aromatic ring is 1. The van der Waals surface area contributed by atoms with Gasteiger partial charge in [0.25, 0.3) is 0 Å². The maximum atomic E-state index is 12.2. The van der Waals surface area contributed by atoms with Crippen LogP contribution in [0.25, 0.3) is 0 Å². The number of aromatic nitrogens is 2. The third-order valence-electron chi connectivity index (χ3n) is 3.00. The lowest BCUT2D eigenvalue weighted by atomic mass is 10.0. The molecule has 19 heavy (non-hydrogen) atoms. The first-order valence-corrected chi connectivity index (χ1v) is 5.97. The van der Waals surface area contributed by atoms with Crippen LogP contribution in [0.5, 0.6) is 5.75 Å². The van der Waals surface area contributed by atoms with Crippen LogP contribution in [0, 0.1) is 6.92 Å². The van der Waals surface area contributed by atoms with Crippen LogP contribution in [-0.2, 0) is 13.5 Å². The number of Topliss-reactive ketones (excluding diaryl/α,β-unsaturated/α-hetero) is 1. The molecule has 0 unspecified atom stereocenters. The Morgan fingerprint density at radius 2 is 2.16 bits per heavy atom. The number of ketones is 1. The van der Waals surface area contributed by atoms with E-state index in [1.165, 1.54) is 0 Å². The van der Waals surface area contributed by atoms with Crippen molar-refractivity contribution < 1.29 is 9.53 Å². The maximum absolute atomic E-state index is 12.2. The van der Waals surface area contributed by atoms with Gasteiger partial charge in [-0.15, -0.1) is 0 Å². The Labute approximate surface area is 112 Å². The van der Waals surface area contributed by atoms with Crippen molar-refractivity contribution in [2.45, 2.75) is 13.3 Å². The molecule has 0 saturated carbocycles. The highest BCUT2D eigenvalue weighted by Crippen LogP contribution is 2.21. The van der Waals surface area contributed by atoms with Gasteiger partial charge in [-0.05, 0) is 25.1 Å². The molecule has 5 heteroatoms. The van der Waals surface area contributed by atoms with E-state index >= 15 is 0 Å². The van der Waals surface area contributed by atoms with Crippen molar-refractivity contribution in [3.63, 3.8) is 0 Å². The molecule has 0 aliphatic rings. The topological polar surface area (TPSA) is 70.1 Å². The Balaban J connectivity index is 2.23. The van der Waals surface area contributed by atoms with Gasteiger partial charge in [-0.25, -0.2) is 0 Å². The van der Waals surface area contributed by atoms with Crippen molar-refractivity contribution in [1.29, 1.82) is 0 Å². The molecule has 1 aromatic carbocycles. The van der Waals surface area contributed by atoms with Gasteiger partial charge in [0.15, 0.2) is 5.78 Å². The van der Waals surface area contributed by atoms with E-state index in [2.05, 4.69) is 5.10 Å². The highest BCUT2D eigenvalue weighted by molar-refractivity contribution is 6.02. The Kier molecular flexibility index (Phi) is 3.55. The van der Waals surface area contributed by atoms with Gasteiger partial charge in [0, 0.05) is 30.1 Å². The molecule has 0 radical (unpaired) electrons. The van der Waals surface area contributed by atoms with E-state index in [9.17, 15) is 4.79 Å². The Hall–Kier alpha value is -2.30. The minimum Gasteiger partial charge on any atom is -0.497 e. The zero-order valence-corrected chi connectivity index (χ0v) is 11.3. The largest absolute Gasteiger partial charge is 0.497 e. The minimum absolute atomic E-state index is 0.0249. The van der Waals surface area contributed by atoms with Crippen molar-refractivity contribution >= 4 is 11.5 Å². The minimum atomic E-state index is -0.0249. The molecule has 1 heterocycles. The number of aryl methyl sites for hydroxylation is 2. The van der Waals surface area contributed by atoms with Crippen LogP contribution in [0.1, 0.15) is 21.7 Å². The number of rotatable bonds is 4. The first-order chi connectivity index (χ1) is 9.01. The lowest BCUT2D eigenvalue weighted by molar-refractivity contribution is 0.0991. The number of methoxy groups -OCH3 is 1. The zero-order chi connectivity index (χ0) is 14.0. The lowest BCUT2D eigenvalue weighted by Crippen LogP contribution is -2.10. The molecular formula is C14H17N3O2. The fourth-order valence-corrected chi connectivity index (χ4v) is 2.01. The van der Waals surface area contributed by atoms with Crippen molar-refractivity contribution in [3.05, 3.63) is 41.2 Å². The molecule has 2 N–H and O–H groups in total. The predicted octanol–water partition coefficient (Wildman–Crippen LogP) is 1.74. The highest BCUT2D eigenvalue weighted by atomic mass is 16.5. The van der Waals surface area contributed by atoms with Crippen molar-refractivity contribution in [1.82, 2.24) is 9.78 Å². The molecule has 0 saturated heterocycles. The summed E-state index contributed by atoms with van der Waals surface area (Å²) in [6.45, 7) is 1.90. The fraction of sp³-hybridized carbons (Fsp3) is 0.286. The van der Waals surface area contributed by atoms with Gasteiger partial charge in [0.1, 0.15) is 5.75 Å². The average Bonchev–Trinajstić information content (AvgIpc) is 2.67.